The summed E-state index contributed by atoms with van der Waals surface area (Å²) in [5, 5.41) is 7.39. The first-order valence-electron chi connectivity index (χ1n) is 4.59. The van der Waals surface area contributed by atoms with Gasteiger partial charge in [-0.3, -0.25) is 0 Å². The second-order valence-corrected chi connectivity index (χ2v) is 3.29. The molecule has 1 fully saturated rings. The van der Waals surface area contributed by atoms with E-state index in [1.807, 2.05) is 0 Å². The maximum Gasteiger partial charge on any atom is 0.131 e. The van der Waals surface area contributed by atoms with Gasteiger partial charge >= 0.3 is 0 Å². The van der Waals surface area contributed by atoms with Crippen LogP contribution in [0, 0.1) is 11.6 Å². The lowest BCUT2D eigenvalue weighted by Gasteiger charge is -2.23. The first kappa shape index (κ1) is 9.55. The van der Waals surface area contributed by atoms with E-state index >= 15 is 0 Å². The largest absolute Gasteiger partial charge is 0.313 e. The molecule has 14 heavy (non-hydrogen) atoms. The summed E-state index contributed by atoms with van der Waals surface area (Å²) in [4.78, 5) is 0. The van der Waals surface area contributed by atoms with Crippen LogP contribution in [-0.2, 0) is 0 Å². The lowest BCUT2D eigenvalue weighted by atomic mass is 10.0. The highest BCUT2D eigenvalue weighted by Gasteiger charge is 2.19. The van der Waals surface area contributed by atoms with Crippen LogP contribution < -0.4 is 10.6 Å². The molecule has 1 aliphatic heterocycles. The smallest absolute Gasteiger partial charge is 0.131 e. The molecule has 0 aromatic heterocycles. The number of benzene rings is 1. The first-order valence-corrected chi connectivity index (χ1v) is 4.59. The molecule has 2 nitrogen and oxygen atoms in total. The van der Waals surface area contributed by atoms with E-state index in [4.69, 9.17) is 0 Å². The van der Waals surface area contributed by atoms with Crippen molar-refractivity contribution in [3.05, 3.63) is 35.4 Å². The van der Waals surface area contributed by atoms with Gasteiger partial charge in [-0.2, -0.15) is 0 Å². The number of hydrogen-bond acceptors (Lipinski definition) is 1. The maximum atomic E-state index is 13.3. The molecule has 1 heterocycles. The summed E-state index contributed by atoms with van der Waals surface area (Å²) in [5.41, 5.74) is 0.471. The van der Waals surface area contributed by atoms with Crippen LogP contribution in [0.1, 0.15) is 11.6 Å². The van der Waals surface area contributed by atoms with E-state index in [9.17, 15) is 8.78 Å². The van der Waals surface area contributed by atoms with Crippen LogP contribution in [-0.4, -0.2) is 19.6 Å². The van der Waals surface area contributed by atoms with E-state index in [1.54, 1.807) is 0 Å². The van der Waals surface area contributed by atoms with E-state index in [0.29, 0.717) is 18.7 Å². The Bertz CT molecular complexity index is 322. The van der Waals surface area contributed by atoms with Gasteiger partial charge in [0.05, 0.1) is 6.04 Å². The van der Waals surface area contributed by atoms with Crippen molar-refractivity contribution in [1.29, 1.82) is 0 Å². The predicted molar refractivity (Wildman–Crippen MR) is 49.0 cm³/mol. The second-order valence-electron chi connectivity index (χ2n) is 3.29. The zero-order chi connectivity index (χ0) is 9.97. The average molecular weight is 197 g/mol. The van der Waals surface area contributed by atoms with Crippen molar-refractivity contribution in [2.75, 3.05) is 19.6 Å². The lowest BCUT2D eigenvalue weighted by Crippen LogP contribution is -2.38. The number of piperazine rings is 1. The van der Waals surface area contributed by atoms with Gasteiger partial charge in [0.15, 0.2) is 0 Å². The molecule has 1 radical (unpaired) electrons. The lowest BCUT2D eigenvalue weighted by molar-refractivity contribution is 0.407. The molecule has 2 rings (SSSR count). The average Bonchev–Trinajstić information content (AvgIpc) is 2.19. The summed E-state index contributed by atoms with van der Waals surface area (Å²) < 4.78 is 25.9. The Kier molecular flexibility index (Phi) is 2.74. The predicted octanol–water partition coefficient (Wildman–Crippen LogP) is 1.21. The molecule has 1 aromatic carbocycles. The summed E-state index contributed by atoms with van der Waals surface area (Å²) in [6.45, 7) is 2.14. The molecule has 1 atom stereocenters. The van der Waals surface area contributed by atoms with Gasteiger partial charge in [0, 0.05) is 31.3 Å². The molecule has 1 aliphatic rings. The zero-order valence-electron chi connectivity index (χ0n) is 7.63. The van der Waals surface area contributed by atoms with E-state index in [2.05, 4.69) is 10.6 Å². The molecule has 0 aliphatic carbocycles. The van der Waals surface area contributed by atoms with Gasteiger partial charge in [0.1, 0.15) is 11.6 Å². The topological polar surface area (TPSA) is 26.1 Å². The van der Waals surface area contributed by atoms with Crippen molar-refractivity contribution < 1.29 is 8.78 Å². The molecule has 1 saturated heterocycles. The SMILES string of the molecule is Fc1ccc(C2CNCC[N]2)c(F)c1. The summed E-state index contributed by atoms with van der Waals surface area (Å²) in [6.07, 6.45) is 0. The van der Waals surface area contributed by atoms with Crippen molar-refractivity contribution >= 4 is 0 Å². The van der Waals surface area contributed by atoms with Crippen LogP contribution >= 0.6 is 0 Å². The molecular formula is C10H11F2N2. The van der Waals surface area contributed by atoms with E-state index in [1.165, 1.54) is 12.1 Å². The van der Waals surface area contributed by atoms with Gasteiger partial charge in [-0.15, -0.1) is 0 Å². The Hall–Kier alpha value is -1.00. The van der Waals surface area contributed by atoms with Crippen molar-refractivity contribution in [2.45, 2.75) is 6.04 Å². The Labute approximate surface area is 81.3 Å². The van der Waals surface area contributed by atoms with Crippen LogP contribution in [0.5, 0.6) is 0 Å². The van der Waals surface area contributed by atoms with Gasteiger partial charge in [-0.25, -0.2) is 14.1 Å². The molecule has 0 amide bonds. The number of nitrogens with one attached hydrogen (secondary N) is 1. The van der Waals surface area contributed by atoms with Crippen LogP contribution in [0.15, 0.2) is 18.2 Å². The van der Waals surface area contributed by atoms with E-state index < -0.39 is 11.6 Å². The van der Waals surface area contributed by atoms with E-state index in [-0.39, 0.29) is 6.04 Å². The van der Waals surface area contributed by atoms with Crippen LogP contribution in [0.4, 0.5) is 8.78 Å². The molecular weight excluding hydrogens is 186 g/mol. The molecule has 0 saturated carbocycles. The molecule has 0 spiro atoms. The number of halogens is 2. The third kappa shape index (κ3) is 1.91. The summed E-state index contributed by atoms with van der Waals surface area (Å²) in [5.74, 6) is -1.06. The molecule has 1 N–H and O–H groups in total. The summed E-state index contributed by atoms with van der Waals surface area (Å²) in [7, 11) is 0. The Balaban J connectivity index is 2.22. The number of rotatable bonds is 1. The van der Waals surface area contributed by atoms with Crippen molar-refractivity contribution in [1.82, 2.24) is 10.6 Å². The highest BCUT2D eigenvalue weighted by atomic mass is 19.1. The Morgan fingerprint density at radius 3 is 2.86 bits per heavy atom. The van der Waals surface area contributed by atoms with E-state index in [0.717, 1.165) is 12.6 Å². The van der Waals surface area contributed by atoms with Gasteiger partial charge in [0.25, 0.3) is 0 Å². The van der Waals surface area contributed by atoms with Gasteiger partial charge < -0.3 is 5.32 Å². The zero-order valence-corrected chi connectivity index (χ0v) is 7.63. The maximum absolute atomic E-state index is 13.3. The van der Waals surface area contributed by atoms with Crippen molar-refractivity contribution in [3.8, 4) is 0 Å². The fraction of sp³-hybridized carbons (Fsp3) is 0.400. The highest BCUT2D eigenvalue weighted by Crippen LogP contribution is 2.19. The monoisotopic (exact) mass is 197 g/mol. The second kappa shape index (κ2) is 4.02. The summed E-state index contributed by atoms with van der Waals surface area (Å²) in [6, 6.07) is 3.46. The van der Waals surface area contributed by atoms with Crippen LogP contribution in [0.2, 0.25) is 0 Å². The van der Waals surface area contributed by atoms with Crippen LogP contribution in [0.25, 0.3) is 0 Å². The van der Waals surface area contributed by atoms with Crippen molar-refractivity contribution in [2.24, 2.45) is 0 Å². The summed E-state index contributed by atoms with van der Waals surface area (Å²) >= 11 is 0. The Morgan fingerprint density at radius 2 is 2.21 bits per heavy atom. The van der Waals surface area contributed by atoms with Gasteiger partial charge in [0.2, 0.25) is 0 Å². The molecule has 75 valence electrons. The molecule has 1 unspecified atom stereocenters. The van der Waals surface area contributed by atoms with Gasteiger partial charge in [-0.1, -0.05) is 6.07 Å². The quantitative estimate of drug-likeness (QED) is 0.719. The molecule has 4 heteroatoms. The molecule has 1 aromatic rings. The van der Waals surface area contributed by atoms with Crippen molar-refractivity contribution in [3.63, 3.8) is 0 Å². The van der Waals surface area contributed by atoms with Gasteiger partial charge in [-0.05, 0) is 6.07 Å². The third-order valence-corrected chi connectivity index (χ3v) is 2.30. The molecule has 0 bridgehead atoms. The fourth-order valence-corrected chi connectivity index (χ4v) is 1.58. The minimum Gasteiger partial charge on any atom is -0.313 e. The Morgan fingerprint density at radius 1 is 1.36 bits per heavy atom. The fourth-order valence-electron chi connectivity index (χ4n) is 1.58. The minimum atomic E-state index is -0.546. The number of hydrogen-bond donors (Lipinski definition) is 1. The number of nitrogens with zero attached hydrogens (tertiary/aromatic N) is 1. The minimum absolute atomic E-state index is 0.177. The third-order valence-electron chi connectivity index (χ3n) is 2.30. The normalized spacial score (nSPS) is 22.3. The van der Waals surface area contributed by atoms with Crippen LogP contribution in [0.3, 0.4) is 0 Å². The highest BCUT2D eigenvalue weighted by molar-refractivity contribution is 5.22. The first-order chi connectivity index (χ1) is 6.77. The standard InChI is InChI=1S/C10H11F2N2/c11-7-1-2-8(9(12)5-7)10-6-13-3-4-14-10/h1-2,5,10,13H,3-4,6H2.